The Morgan fingerprint density at radius 3 is 2.44 bits per heavy atom. The third kappa shape index (κ3) is 5.70. The zero-order valence-electron chi connectivity index (χ0n) is 21.6. The van der Waals surface area contributed by atoms with E-state index in [9.17, 15) is 14.7 Å². The van der Waals surface area contributed by atoms with E-state index >= 15 is 0 Å². The van der Waals surface area contributed by atoms with Crippen molar-refractivity contribution in [3.63, 3.8) is 0 Å². The van der Waals surface area contributed by atoms with Crippen LogP contribution < -0.4 is 15.5 Å². The van der Waals surface area contributed by atoms with Crippen LogP contribution in [0.2, 0.25) is 10.0 Å². The third-order valence-electron chi connectivity index (χ3n) is 7.26. The molecule has 0 spiro atoms. The summed E-state index contributed by atoms with van der Waals surface area (Å²) in [4.78, 5) is 27.7. The molecule has 0 saturated heterocycles. The van der Waals surface area contributed by atoms with Gasteiger partial charge in [-0.3, -0.25) is 0 Å². The average molecular weight is 566 g/mol. The Labute approximate surface area is 237 Å². The lowest BCUT2D eigenvalue weighted by molar-refractivity contribution is 0.0688. The number of carbonyl (C=O) groups excluding carboxylic acids is 1. The number of carboxylic acid groups (broad SMARTS) is 1. The molecule has 39 heavy (non-hydrogen) atoms. The molecule has 3 aromatic carbocycles. The summed E-state index contributed by atoms with van der Waals surface area (Å²) in [5, 5.41) is 17.4. The van der Waals surface area contributed by atoms with E-state index in [2.05, 4.69) is 22.5 Å². The molecule has 0 unspecified atom stereocenters. The van der Waals surface area contributed by atoms with E-state index in [1.165, 1.54) is 19.3 Å². The van der Waals surface area contributed by atoms with Crippen LogP contribution >= 0.6 is 23.2 Å². The second-order valence-corrected chi connectivity index (χ2v) is 10.5. The lowest BCUT2D eigenvalue weighted by Gasteiger charge is -2.36. The quantitative estimate of drug-likeness (QED) is 0.210. The van der Waals surface area contributed by atoms with Crippen LogP contribution in [0, 0.1) is 0 Å². The van der Waals surface area contributed by atoms with Gasteiger partial charge in [-0.25, -0.2) is 9.59 Å². The number of carbonyl (C=O) groups is 2. The first-order valence-electron chi connectivity index (χ1n) is 13.1. The molecule has 0 bridgehead atoms. The molecule has 1 aliphatic rings. The van der Waals surface area contributed by atoms with Gasteiger partial charge in [-0.15, -0.1) is 0 Å². The smallest absolute Gasteiger partial charge is 0.352 e. The number of para-hydroxylation sites is 1. The minimum Gasteiger partial charge on any atom is -0.477 e. The minimum absolute atomic E-state index is 0.148. The van der Waals surface area contributed by atoms with E-state index in [0.29, 0.717) is 33.1 Å². The Balaban J connectivity index is 1.57. The molecular formula is C30H30Cl2N4O3. The summed E-state index contributed by atoms with van der Waals surface area (Å²) in [6.07, 6.45) is 5.78. The molecule has 1 saturated carbocycles. The van der Waals surface area contributed by atoms with Gasteiger partial charge in [0, 0.05) is 29.3 Å². The van der Waals surface area contributed by atoms with Crippen molar-refractivity contribution in [2.75, 3.05) is 22.1 Å². The first kappa shape index (κ1) is 26.9. The van der Waals surface area contributed by atoms with Gasteiger partial charge in [-0.05, 0) is 68.3 Å². The lowest BCUT2D eigenvalue weighted by Crippen LogP contribution is -2.37. The Morgan fingerprint density at radius 2 is 1.72 bits per heavy atom. The molecule has 1 fully saturated rings. The van der Waals surface area contributed by atoms with Crippen molar-refractivity contribution in [1.82, 2.24) is 4.57 Å². The number of urea groups is 1. The summed E-state index contributed by atoms with van der Waals surface area (Å²) in [5.74, 6) is -1.03. The van der Waals surface area contributed by atoms with Crippen molar-refractivity contribution >= 4 is 63.2 Å². The van der Waals surface area contributed by atoms with Crippen LogP contribution in [-0.2, 0) is 0 Å². The molecule has 1 aromatic heterocycles. The Hall–Kier alpha value is -3.68. The summed E-state index contributed by atoms with van der Waals surface area (Å²) in [6, 6.07) is 19.8. The van der Waals surface area contributed by atoms with Crippen LogP contribution in [0.3, 0.4) is 0 Å². The van der Waals surface area contributed by atoms with Crippen molar-refractivity contribution in [2.24, 2.45) is 0 Å². The molecule has 0 radical (unpaired) electrons. The molecule has 1 aliphatic carbocycles. The van der Waals surface area contributed by atoms with E-state index < -0.39 is 12.0 Å². The Kier molecular flexibility index (Phi) is 8.00. The summed E-state index contributed by atoms with van der Waals surface area (Å²) in [7, 11) is 0. The maximum absolute atomic E-state index is 13.2. The first-order valence-corrected chi connectivity index (χ1v) is 13.9. The fraction of sp³-hybridized carbons (Fsp3) is 0.267. The molecule has 2 amide bonds. The summed E-state index contributed by atoms with van der Waals surface area (Å²) in [5.41, 5.74) is 3.55. The number of halogens is 2. The number of anilines is 3. The molecule has 202 valence electrons. The fourth-order valence-corrected chi connectivity index (χ4v) is 5.78. The van der Waals surface area contributed by atoms with Gasteiger partial charge in [0.15, 0.2) is 0 Å². The summed E-state index contributed by atoms with van der Waals surface area (Å²) in [6.45, 7) is 2.89. The number of aromatic nitrogens is 1. The van der Waals surface area contributed by atoms with Gasteiger partial charge in [0.2, 0.25) is 0 Å². The molecule has 4 aromatic rings. The number of rotatable bonds is 7. The highest BCUT2D eigenvalue weighted by molar-refractivity contribution is 6.42. The number of carboxylic acids is 1. The van der Waals surface area contributed by atoms with Crippen LogP contribution in [0.1, 0.15) is 49.5 Å². The second kappa shape index (κ2) is 11.6. The molecular weight excluding hydrogens is 535 g/mol. The SMILES string of the molecule is CCN(c1ccc(-n2c(C(=O)O)cc3ccccc32)cc1NC(=O)Nc1ccc(Cl)c(Cl)c1)C1CCCCC1. The second-order valence-electron chi connectivity index (χ2n) is 9.72. The van der Waals surface area contributed by atoms with Crippen LogP contribution in [0.15, 0.2) is 66.7 Å². The van der Waals surface area contributed by atoms with Crippen molar-refractivity contribution in [3.8, 4) is 5.69 Å². The zero-order valence-corrected chi connectivity index (χ0v) is 23.1. The van der Waals surface area contributed by atoms with Gasteiger partial charge in [-0.1, -0.05) is 60.7 Å². The van der Waals surface area contributed by atoms with Crippen LogP contribution in [0.25, 0.3) is 16.6 Å². The van der Waals surface area contributed by atoms with E-state index in [4.69, 9.17) is 23.2 Å². The van der Waals surface area contributed by atoms with Gasteiger partial charge >= 0.3 is 12.0 Å². The molecule has 1 heterocycles. The first-order chi connectivity index (χ1) is 18.9. The normalized spacial score (nSPS) is 13.8. The van der Waals surface area contributed by atoms with Crippen LogP contribution in [-0.4, -0.2) is 34.3 Å². The van der Waals surface area contributed by atoms with Gasteiger partial charge < -0.3 is 25.2 Å². The Bertz CT molecular complexity index is 1530. The van der Waals surface area contributed by atoms with Crippen molar-refractivity contribution in [2.45, 2.75) is 45.1 Å². The predicted octanol–water partition coefficient (Wildman–Crippen LogP) is 8.44. The number of aromatic carboxylic acids is 1. The van der Waals surface area contributed by atoms with E-state index in [-0.39, 0.29) is 5.69 Å². The highest BCUT2D eigenvalue weighted by Crippen LogP contribution is 2.36. The summed E-state index contributed by atoms with van der Waals surface area (Å²) < 4.78 is 1.71. The maximum Gasteiger partial charge on any atom is 0.352 e. The number of nitrogens with zero attached hydrogens (tertiary/aromatic N) is 2. The van der Waals surface area contributed by atoms with E-state index in [1.54, 1.807) is 28.8 Å². The van der Waals surface area contributed by atoms with Crippen LogP contribution in [0.4, 0.5) is 21.9 Å². The molecule has 3 N–H and O–H groups in total. The van der Waals surface area contributed by atoms with Crippen molar-refractivity contribution in [1.29, 1.82) is 0 Å². The number of hydrogen-bond acceptors (Lipinski definition) is 3. The van der Waals surface area contributed by atoms with Crippen molar-refractivity contribution < 1.29 is 14.7 Å². The highest BCUT2D eigenvalue weighted by Gasteiger charge is 2.24. The molecule has 7 nitrogen and oxygen atoms in total. The number of fused-ring (bicyclic) bond motifs is 1. The summed E-state index contributed by atoms with van der Waals surface area (Å²) >= 11 is 12.2. The van der Waals surface area contributed by atoms with Gasteiger partial charge in [0.1, 0.15) is 5.69 Å². The third-order valence-corrected chi connectivity index (χ3v) is 8.00. The lowest BCUT2D eigenvalue weighted by atomic mass is 9.93. The fourth-order valence-electron chi connectivity index (χ4n) is 5.48. The monoisotopic (exact) mass is 564 g/mol. The maximum atomic E-state index is 13.2. The molecule has 9 heteroatoms. The number of nitrogens with one attached hydrogen (secondary N) is 2. The molecule has 0 atom stereocenters. The average Bonchev–Trinajstić information content (AvgIpc) is 3.33. The highest BCUT2D eigenvalue weighted by atomic mass is 35.5. The number of hydrogen-bond donors (Lipinski definition) is 3. The zero-order chi connectivity index (χ0) is 27.5. The molecule has 0 aliphatic heterocycles. The van der Waals surface area contributed by atoms with E-state index in [1.807, 2.05) is 42.5 Å². The minimum atomic E-state index is -1.03. The largest absolute Gasteiger partial charge is 0.477 e. The number of benzene rings is 3. The number of amides is 2. The molecule has 5 rings (SSSR count). The van der Waals surface area contributed by atoms with E-state index in [0.717, 1.165) is 36.0 Å². The Morgan fingerprint density at radius 1 is 0.949 bits per heavy atom. The predicted molar refractivity (Wildman–Crippen MR) is 159 cm³/mol. The van der Waals surface area contributed by atoms with Gasteiger partial charge in [0.25, 0.3) is 0 Å². The van der Waals surface area contributed by atoms with Gasteiger partial charge in [-0.2, -0.15) is 0 Å². The standard InChI is InChI=1S/C30H30Cl2N4O3/c1-2-35(21-9-4-3-5-10-21)27-15-13-22(36-26-11-7-6-8-19(26)16-28(36)29(37)38)18-25(27)34-30(39)33-20-12-14-23(31)24(32)17-20/h6-8,11-18,21H,2-5,9-10H2,1H3,(H,37,38)(H2,33,34,39). The van der Waals surface area contributed by atoms with Crippen LogP contribution in [0.5, 0.6) is 0 Å². The van der Waals surface area contributed by atoms with Gasteiger partial charge in [0.05, 0.1) is 26.9 Å². The van der Waals surface area contributed by atoms with Crippen molar-refractivity contribution in [3.05, 3.63) is 82.5 Å². The topological polar surface area (TPSA) is 86.6 Å².